The summed E-state index contributed by atoms with van der Waals surface area (Å²) >= 11 is 4.70. The lowest BCUT2D eigenvalue weighted by molar-refractivity contribution is 0.0702. The lowest BCUT2D eigenvalue weighted by atomic mass is 9.69. The molecule has 0 bridgehead atoms. The lowest BCUT2D eigenvalue weighted by Crippen LogP contribution is -2.57. The molecule has 1 spiro atoms. The molecule has 3 aliphatic rings. The molecule has 1 saturated heterocycles. The van der Waals surface area contributed by atoms with Crippen LogP contribution in [0.5, 0.6) is 11.6 Å². The number of carboxylic acid groups (broad SMARTS) is 1. The number of allylic oxidation sites excluding steroid dienone is 2. The smallest absolute Gasteiger partial charge is 0.346 e. The number of nitrogens with zero attached hydrogens (tertiary/aromatic N) is 5. The summed E-state index contributed by atoms with van der Waals surface area (Å²) in [5.74, 6) is 1.34. The van der Waals surface area contributed by atoms with Gasteiger partial charge in [0, 0.05) is 53.0 Å². The van der Waals surface area contributed by atoms with Gasteiger partial charge >= 0.3 is 5.97 Å². The number of anilines is 1. The van der Waals surface area contributed by atoms with Gasteiger partial charge in [-0.2, -0.15) is 5.26 Å². The number of methoxy groups -OCH3 is 1. The van der Waals surface area contributed by atoms with Gasteiger partial charge in [-0.05, 0) is 61.9 Å². The molecule has 7 rings (SSSR count). The monoisotopic (exact) mass is 673 g/mol. The number of carbonyl (C=O) groups is 1. The highest BCUT2D eigenvalue weighted by atomic mass is 79.9. The van der Waals surface area contributed by atoms with E-state index in [0.29, 0.717) is 30.3 Å². The second kappa shape index (κ2) is 11.2. The third kappa shape index (κ3) is 5.46. The fraction of sp³-hybridized carbons (Fsp3) is 0.394. The van der Waals surface area contributed by atoms with E-state index in [0.717, 1.165) is 83.0 Å². The number of fused-ring (bicyclic) bond motifs is 1. The van der Waals surface area contributed by atoms with Crippen molar-refractivity contribution in [1.82, 2.24) is 14.5 Å². The highest BCUT2D eigenvalue weighted by molar-refractivity contribution is 9.10. The Morgan fingerprint density at radius 1 is 1.18 bits per heavy atom. The van der Waals surface area contributed by atoms with E-state index in [1.807, 2.05) is 36.4 Å². The standard InChI is InChI=1S/C33H32BrN5O4S/c1-42-26-15-23(34)6-5-22(26)17-43-28-4-2-3-24(36-28)21-7-9-33(10-8-21)18-38(19-33)31-37-29-25(16-27(44-29)30(40)41)39(31)20-32(11-12-32)13-14-35/h2-7,15-16H,8-13,17-20H2,1H3,(H,40,41). The van der Waals surface area contributed by atoms with Crippen LogP contribution in [0.15, 0.2) is 53.0 Å². The van der Waals surface area contributed by atoms with E-state index in [-0.39, 0.29) is 10.8 Å². The van der Waals surface area contributed by atoms with Gasteiger partial charge in [-0.1, -0.05) is 34.1 Å². The number of hydrogen-bond acceptors (Lipinski definition) is 8. The van der Waals surface area contributed by atoms with E-state index in [9.17, 15) is 15.2 Å². The first-order chi connectivity index (χ1) is 21.3. The fourth-order valence-corrected chi connectivity index (χ4v) is 7.72. The van der Waals surface area contributed by atoms with Crippen molar-refractivity contribution in [1.29, 1.82) is 5.26 Å². The van der Waals surface area contributed by atoms with Crippen LogP contribution in [0.25, 0.3) is 15.9 Å². The number of carboxylic acids is 1. The van der Waals surface area contributed by atoms with Gasteiger partial charge in [0.1, 0.15) is 22.1 Å². The van der Waals surface area contributed by atoms with Crippen LogP contribution in [0.1, 0.15) is 59.5 Å². The van der Waals surface area contributed by atoms with Crippen molar-refractivity contribution in [2.45, 2.75) is 51.7 Å². The largest absolute Gasteiger partial charge is 0.496 e. The van der Waals surface area contributed by atoms with Crippen molar-refractivity contribution in [3.05, 3.63) is 69.1 Å². The molecule has 2 aliphatic carbocycles. The summed E-state index contributed by atoms with van der Waals surface area (Å²) in [5.41, 5.74) is 4.19. The lowest BCUT2D eigenvalue weighted by Gasteiger charge is -2.52. The summed E-state index contributed by atoms with van der Waals surface area (Å²) in [6, 6.07) is 15.9. The minimum absolute atomic E-state index is 0.0248. The normalized spacial score (nSPS) is 18.0. The summed E-state index contributed by atoms with van der Waals surface area (Å²) in [6.45, 7) is 2.88. The van der Waals surface area contributed by atoms with Crippen molar-refractivity contribution in [3.63, 3.8) is 0 Å². The van der Waals surface area contributed by atoms with Crippen molar-refractivity contribution >= 4 is 55.1 Å². The zero-order chi connectivity index (χ0) is 30.5. The van der Waals surface area contributed by atoms with Gasteiger partial charge in [0.2, 0.25) is 11.8 Å². The van der Waals surface area contributed by atoms with Gasteiger partial charge in [0.05, 0.1) is 24.4 Å². The molecule has 226 valence electrons. The predicted octanol–water partition coefficient (Wildman–Crippen LogP) is 7.31. The van der Waals surface area contributed by atoms with Crippen LogP contribution < -0.4 is 14.4 Å². The van der Waals surface area contributed by atoms with Gasteiger partial charge in [0.15, 0.2) is 0 Å². The van der Waals surface area contributed by atoms with Crippen LogP contribution in [0.3, 0.4) is 0 Å². The molecule has 0 unspecified atom stereocenters. The Morgan fingerprint density at radius 2 is 2.02 bits per heavy atom. The van der Waals surface area contributed by atoms with Gasteiger partial charge in [-0.25, -0.2) is 14.8 Å². The molecule has 44 heavy (non-hydrogen) atoms. The minimum atomic E-state index is -0.927. The molecule has 4 aromatic rings. The fourth-order valence-electron chi connectivity index (χ4n) is 6.51. The minimum Gasteiger partial charge on any atom is -0.496 e. The molecule has 1 N–H and O–H groups in total. The molecule has 1 saturated carbocycles. The molecule has 4 heterocycles. The van der Waals surface area contributed by atoms with E-state index in [1.54, 1.807) is 13.2 Å². The highest BCUT2D eigenvalue weighted by Gasteiger charge is 2.47. The summed E-state index contributed by atoms with van der Waals surface area (Å²) in [7, 11) is 1.65. The van der Waals surface area contributed by atoms with Gasteiger partial charge in [0.25, 0.3) is 0 Å². The summed E-state index contributed by atoms with van der Waals surface area (Å²) in [4.78, 5) is 24.8. The molecule has 3 aromatic heterocycles. The van der Waals surface area contributed by atoms with E-state index in [1.165, 1.54) is 16.9 Å². The number of nitriles is 1. The Kier molecular flexibility index (Phi) is 7.37. The number of ether oxygens (including phenoxy) is 2. The number of benzene rings is 1. The maximum Gasteiger partial charge on any atom is 0.346 e. The number of imidazole rings is 1. The maximum atomic E-state index is 11.6. The average molecular weight is 675 g/mol. The van der Waals surface area contributed by atoms with Crippen LogP contribution in [0.4, 0.5) is 5.95 Å². The van der Waals surface area contributed by atoms with Crippen LogP contribution in [-0.4, -0.2) is 45.8 Å². The number of hydrogen-bond donors (Lipinski definition) is 1. The van der Waals surface area contributed by atoms with Crippen LogP contribution >= 0.6 is 27.3 Å². The van der Waals surface area contributed by atoms with Crippen molar-refractivity contribution in [2.75, 3.05) is 25.1 Å². The topological polar surface area (TPSA) is 113 Å². The van der Waals surface area contributed by atoms with E-state index in [4.69, 9.17) is 19.4 Å². The summed E-state index contributed by atoms with van der Waals surface area (Å²) < 4.78 is 14.7. The first-order valence-electron chi connectivity index (χ1n) is 14.8. The Hall–Kier alpha value is -3.88. The molecular weight excluding hydrogens is 642 g/mol. The second-order valence-electron chi connectivity index (χ2n) is 12.3. The van der Waals surface area contributed by atoms with Crippen molar-refractivity contribution < 1.29 is 19.4 Å². The van der Waals surface area contributed by atoms with E-state index in [2.05, 4.69) is 37.5 Å². The van der Waals surface area contributed by atoms with Gasteiger partial charge < -0.3 is 24.0 Å². The van der Waals surface area contributed by atoms with Crippen molar-refractivity contribution in [3.8, 4) is 17.7 Å². The molecule has 0 radical (unpaired) electrons. The maximum absolute atomic E-state index is 11.6. The first-order valence-corrected chi connectivity index (χ1v) is 16.4. The third-order valence-electron chi connectivity index (χ3n) is 9.26. The number of aromatic nitrogens is 3. The number of halogens is 1. The van der Waals surface area contributed by atoms with E-state index >= 15 is 0 Å². The zero-order valence-electron chi connectivity index (χ0n) is 24.4. The highest BCUT2D eigenvalue weighted by Crippen LogP contribution is 2.52. The molecule has 2 fully saturated rings. The molecule has 1 aromatic carbocycles. The number of pyridine rings is 1. The average Bonchev–Trinajstić information content (AvgIpc) is 3.50. The van der Waals surface area contributed by atoms with E-state index < -0.39 is 5.97 Å². The van der Waals surface area contributed by atoms with Crippen LogP contribution in [0, 0.1) is 22.2 Å². The first kappa shape index (κ1) is 28.9. The Labute approximate surface area is 267 Å². The summed E-state index contributed by atoms with van der Waals surface area (Å²) in [6.07, 6.45) is 7.87. The molecule has 1 aliphatic heterocycles. The molecule has 11 heteroatoms. The number of rotatable bonds is 10. The number of aromatic carboxylic acids is 1. The van der Waals surface area contributed by atoms with Gasteiger partial charge in [-0.15, -0.1) is 11.3 Å². The molecule has 9 nitrogen and oxygen atoms in total. The number of thiophene rings is 1. The Bertz CT molecular complexity index is 1830. The second-order valence-corrected chi connectivity index (χ2v) is 14.3. The van der Waals surface area contributed by atoms with Crippen LogP contribution in [0.2, 0.25) is 0 Å². The molecule has 0 amide bonds. The summed E-state index contributed by atoms with van der Waals surface area (Å²) in [5, 5.41) is 18.9. The quantitative estimate of drug-likeness (QED) is 0.186. The Morgan fingerprint density at radius 3 is 2.73 bits per heavy atom. The van der Waals surface area contributed by atoms with Crippen LogP contribution in [-0.2, 0) is 13.2 Å². The SMILES string of the molecule is COc1cc(Br)ccc1COc1cccc(C2=CCC3(CC2)CN(c2nc4sc(C(=O)O)cc4n2CC2(CC#N)CC2)C3)n1. The third-order valence-corrected chi connectivity index (χ3v) is 10.8. The molecular formula is C33H32BrN5O4S. The Balaban J connectivity index is 1.04. The molecule has 0 atom stereocenters. The zero-order valence-corrected chi connectivity index (χ0v) is 26.8. The predicted molar refractivity (Wildman–Crippen MR) is 172 cm³/mol. The van der Waals surface area contributed by atoms with Gasteiger partial charge in [-0.3, -0.25) is 0 Å². The van der Waals surface area contributed by atoms with Crippen molar-refractivity contribution in [2.24, 2.45) is 10.8 Å².